The third-order valence-electron chi connectivity index (χ3n) is 5.31. The summed E-state index contributed by atoms with van der Waals surface area (Å²) in [4.78, 5) is 2.72. The van der Waals surface area contributed by atoms with E-state index in [2.05, 4.69) is 79.4 Å². The van der Waals surface area contributed by atoms with E-state index in [4.69, 9.17) is 4.74 Å². The fraction of sp³-hybridized carbons (Fsp3) is 0.429. The van der Waals surface area contributed by atoms with E-state index < -0.39 is 0 Å². The normalized spacial score (nSPS) is 27.2. The molecule has 0 N–H and O–H groups in total. The summed E-state index contributed by atoms with van der Waals surface area (Å²) in [5.74, 6) is 1.38. The van der Waals surface area contributed by atoms with Gasteiger partial charge in [-0.2, -0.15) is 0 Å². The lowest BCUT2D eigenvalue weighted by molar-refractivity contribution is -0.0389. The maximum absolute atomic E-state index is 5.48. The standard InChI is InChI=1S/C21H25NO/c1-15(2)19-21(18-13-23-14-18)22(19)20(16-9-5-3-6-10-16)17-11-7-4-8-12-17/h3-12,15,18-21H,13-14H2,1-2H3/t19-,21-,22?/m0/s1. The smallest absolute Gasteiger partial charge is 0.0608 e. The summed E-state index contributed by atoms with van der Waals surface area (Å²) in [6, 6.07) is 23.6. The summed E-state index contributed by atoms with van der Waals surface area (Å²) in [6.45, 7) is 6.57. The molecule has 2 nitrogen and oxygen atoms in total. The molecule has 3 atom stereocenters. The van der Waals surface area contributed by atoms with Gasteiger partial charge in [-0.1, -0.05) is 74.5 Å². The van der Waals surface area contributed by atoms with Gasteiger partial charge in [-0.25, -0.2) is 0 Å². The number of ether oxygens (including phenoxy) is 1. The quantitative estimate of drug-likeness (QED) is 0.770. The second-order valence-corrected chi connectivity index (χ2v) is 7.19. The van der Waals surface area contributed by atoms with Crippen molar-refractivity contribution in [2.45, 2.75) is 32.0 Å². The van der Waals surface area contributed by atoms with Gasteiger partial charge in [0, 0.05) is 18.0 Å². The van der Waals surface area contributed by atoms with Gasteiger partial charge in [0.05, 0.1) is 19.3 Å². The number of nitrogens with zero attached hydrogens (tertiary/aromatic N) is 1. The zero-order valence-corrected chi connectivity index (χ0v) is 13.9. The highest BCUT2D eigenvalue weighted by Gasteiger charge is 2.57. The van der Waals surface area contributed by atoms with E-state index in [-0.39, 0.29) is 0 Å². The highest BCUT2D eigenvalue weighted by molar-refractivity contribution is 5.35. The average molecular weight is 307 g/mol. The Morgan fingerprint density at radius 2 is 1.39 bits per heavy atom. The largest absolute Gasteiger partial charge is 0.381 e. The lowest BCUT2D eigenvalue weighted by atomic mass is 9.96. The summed E-state index contributed by atoms with van der Waals surface area (Å²) >= 11 is 0. The number of rotatable bonds is 5. The van der Waals surface area contributed by atoms with E-state index in [1.807, 2.05) is 0 Å². The number of hydrogen-bond donors (Lipinski definition) is 0. The van der Waals surface area contributed by atoms with E-state index >= 15 is 0 Å². The van der Waals surface area contributed by atoms with E-state index in [9.17, 15) is 0 Å². The lowest BCUT2D eigenvalue weighted by Crippen LogP contribution is -2.35. The maximum Gasteiger partial charge on any atom is 0.0608 e. The van der Waals surface area contributed by atoms with Crippen molar-refractivity contribution >= 4 is 0 Å². The van der Waals surface area contributed by atoms with Crippen LogP contribution < -0.4 is 0 Å². The predicted octanol–water partition coefficient (Wildman–Crippen LogP) is 4.13. The van der Waals surface area contributed by atoms with Crippen LogP contribution in [-0.2, 0) is 4.74 Å². The highest BCUT2D eigenvalue weighted by atomic mass is 16.5. The summed E-state index contributed by atoms with van der Waals surface area (Å²) in [5, 5.41) is 0. The SMILES string of the molecule is CC(C)[C@H]1[C@H](C2COC2)N1C(c1ccccc1)c1ccccc1. The first-order valence-corrected chi connectivity index (χ1v) is 8.72. The molecule has 2 saturated heterocycles. The third-order valence-corrected chi connectivity index (χ3v) is 5.31. The fourth-order valence-corrected chi connectivity index (χ4v) is 4.15. The van der Waals surface area contributed by atoms with Crippen molar-refractivity contribution < 1.29 is 4.74 Å². The molecule has 2 heterocycles. The van der Waals surface area contributed by atoms with Crippen LogP contribution in [0.4, 0.5) is 0 Å². The van der Waals surface area contributed by atoms with Gasteiger partial charge in [-0.05, 0) is 17.0 Å². The van der Waals surface area contributed by atoms with Crippen LogP contribution in [0.5, 0.6) is 0 Å². The Morgan fingerprint density at radius 3 is 1.78 bits per heavy atom. The molecule has 2 heteroatoms. The van der Waals surface area contributed by atoms with Gasteiger partial charge in [0.15, 0.2) is 0 Å². The van der Waals surface area contributed by atoms with Gasteiger partial charge in [-0.3, -0.25) is 4.90 Å². The molecule has 2 aliphatic rings. The minimum atomic E-state index is 0.357. The molecule has 0 bridgehead atoms. The van der Waals surface area contributed by atoms with Gasteiger partial charge >= 0.3 is 0 Å². The number of hydrogen-bond acceptors (Lipinski definition) is 2. The molecule has 0 radical (unpaired) electrons. The van der Waals surface area contributed by atoms with Crippen molar-refractivity contribution in [1.29, 1.82) is 0 Å². The zero-order valence-electron chi connectivity index (χ0n) is 13.9. The Labute approximate surface area is 139 Å². The molecule has 0 aliphatic carbocycles. The Kier molecular flexibility index (Phi) is 3.96. The monoisotopic (exact) mass is 307 g/mol. The van der Waals surface area contributed by atoms with Crippen molar-refractivity contribution in [2.75, 3.05) is 13.2 Å². The third kappa shape index (κ3) is 2.71. The molecule has 0 saturated carbocycles. The van der Waals surface area contributed by atoms with Crippen molar-refractivity contribution in [3.63, 3.8) is 0 Å². The van der Waals surface area contributed by atoms with Crippen LogP contribution in [0.25, 0.3) is 0 Å². The molecule has 0 aromatic heterocycles. The highest BCUT2D eigenvalue weighted by Crippen LogP contribution is 2.49. The second kappa shape index (κ2) is 6.10. The van der Waals surface area contributed by atoms with Crippen LogP contribution in [0.1, 0.15) is 31.0 Å². The van der Waals surface area contributed by atoms with Crippen molar-refractivity contribution in [2.24, 2.45) is 11.8 Å². The Bertz CT molecular complexity index is 596. The Balaban J connectivity index is 1.71. The molecule has 4 rings (SSSR count). The van der Waals surface area contributed by atoms with E-state index in [0.717, 1.165) is 13.2 Å². The molecule has 2 aromatic rings. The van der Waals surface area contributed by atoms with Crippen LogP contribution in [0.3, 0.4) is 0 Å². The minimum Gasteiger partial charge on any atom is -0.381 e. The molecule has 0 spiro atoms. The average Bonchev–Trinajstić information content (AvgIpc) is 3.23. The molecule has 2 aromatic carbocycles. The van der Waals surface area contributed by atoms with Crippen LogP contribution in [0, 0.1) is 11.8 Å². The van der Waals surface area contributed by atoms with Crippen molar-refractivity contribution in [3.8, 4) is 0 Å². The van der Waals surface area contributed by atoms with Crippen molar-refractivity contribution in [1.82, 2.24) is 4.90 Å². The van der Waals surface area contributed by atoms with Crippen LogP contribution in [0.2, 0.25) is 0 Å². The van der Waals surface area contributed by atoms with Gasteiger partial charge in [0.25, 0.3) is 0 Å². The Hall–Kier alpha value is -1.64. The minimum absolute atomic E-state index is 0.357. The van der Waals surface area contributed by atoms with Crippen molar-refractivity contribution in [3.05, 3.63) is 71.8 Å². The molecule has 0 amide bonds. The second-order valence-electron chi connectivity index (χ2n) is 7.19. The lowest BCUT2D eigenvalue weighted by Gasteiger charge is -2.28. The molecular weight excluding hydrogens is 282 g/mol. The summed E-state index contributed by atoms with van der Waals surface area (Å²) < 4.78 is 5.48. The molecule has 120 valence electrons. The van der Waals surface area contributed by atoms with Gasteiger partial charge in [0.1, 0.15) is 0 Å². The van der Waals surface area contributed by atoms with Crippen LogP contribution >= 0.6 is 0 Å². The van der Waals surface area contributed by atoms with E-state index in [1.54, 1.807) is 0 Å². The predicted molar refractivity (Wildman–Crippen MR) is 93.3 cm³/mol. The van der Waals surface area contributed by atoms with Crippen LogP contribution in [0.15, 0.2) is 60.7 Å². The fourth-order valence-electron chi connectivity index (χ4n) is 4.15. The summed E-state index contributed by atoms with van der Waals surface area (Å²) in [7, 11) is 0. The molecular formula is C21H25NO. The topological polar surface area (TPSA) is 12.2 Å². The summed E-state index contributed by atoms with van der Waals surface area (Å²) in [6.07, 6.45) is 0. The first-order chi connectivity index (χ1) is 11.3. The Morgan fingerprint density at radius 1 is 0.870 bits per heavy atom. The van der Waals surface area contributed by atoms with E-state index in [0.29, 0.717) is 30.0 Å². The van der Waals surface area contributed by atoms with E-state index in [1.165, 1.54) is 11.1 Å². The van der Waals surface area contributed by atoms with Gasteiger partial charge < -0.3 is 4.74 Å². The number of benzene rings is 2. The molecule has 2 aliphatic heterocycles. The molecule has 23 heavy (non-hydrogen) atoms. The first kappa shape index (κ1) is 14.9. The van der Waals surface area contributed by atoms with Gasteiger partial charge in [0.2, 0.25) is 0 Å². The van der Waals surface area contributed by atoms with Gasteiger partial charge in [-0.15, -0.1) is 0 Å². The molecule has 1 unspecified atom stereocenters. The zero-order chi connectivity index (χ0) is 15.8. The summed E-state index contributed by atoms with van der Waals surface area (Å²) in [5.41, 5.74) is 2.79. The van der Waals surface area contributed by atoms with Crippen LogP contribution in [-0.4, -0.2) is 30.2 Å². The maximum atomic E-state index is 5.48. The first-order valence-electron chi connectivity index (χ1n) is 8.72. The molecule has 2 fully saturated rings.